The van der Waals surface area contributed by atoms with Gasteiger partial charge >= 0.3 is 0 Å². The van der Waals surface area contributed by atoms with Crippen LogP contribution in [0.3, 0.4) is 0 Å². The van der Waals surface area contributed by atoms with E-state index in [1.165, 1.54) is 0 Å². The number of anilines is 1. The van der Waals surface area contributed by atoms with E-state index in [9.17, 15) is 9.59 Å². The quantitative estimate of drug-likeness (QED) is 0.413. The van der Waals surface area contributed by atoms with Crippen LogP contribution in [0.2, 0.25) is 0 Å². The van der Waals surface area contributed by atoms with Gasteiger partial charge < -0.3 is 10.1 Å². The number of aryl methyl sites for hydroxylation is 2. The van der Waals surface area contributed by atoms with E-state index in [4.69, 9.17) is 9.84 Å². The number of amides is 2. The van der Waals surface area contributed by atoms with Gasteiger partial charge in [-0.25, -0.2) is 0 Å². The van der Waals surface area contributed by atoms with Crippen LogP contribution in [0.25, 0.3) is 11.3 Å². The number of para-hydroxylation sites is 1. The van der Waals surface area contributed by atoms with Gasteiger partial charge in [0.05, 0.1) is 19.3 Å². The first kappa shape index (κ1) is 24.3. The van der Waals surface area contributed by atoms with Gasteiger partial charge in [0.15, 0.2) is 0 Å². The van der Waals surface area contributed by atoms with E-state index in [1.54, 1.807) is 29.7 Å². The molecular formula is C30H30N4O3. The second-order valence-electron chi connectivity index (χ2n) is 9.69. The number of carbonyl (C=O) groups is 2. The van der Waals surface area contributed by atoms with Crippen LogP contribution in [0.5, 0.6) is 5.75 Å². The average Bonchev–Trinajstić information content (AvgIpc) is 3.31. The lowest BCUT2D eigenvalue weighted by Crippen LogP contribution is -2.64. The van der Waals surface area contributed by atoms with Crippen LogP contribution in [0, 0.1) is 13.8 Å². The molecule has 0 unspecified atom stereocenters. The van der Waals surface area contributed by atoms with Gasteiger partial charge in [-0.05, 0) is 56.2 Å². The molecule has 0 fully saturated rings. The summed E-state index contributed by atoms with van der Waals surface area (Å²) in [4.78, 5) is 29.6. The SMILES string of the molecule is COc1ccccc1CNC(=O)[C@]1(C)Cn2nc(-c3ccccc3)cc2C(=O)N1c1cc(C)cc(C)c1. The van der Waals surface area contributed by atoms with Gasteiger partial charge in [0.1, 0.15) is 17.0 Å². The minimum absolute atomic E-state index is 0.214. The van der Waals surface area contributed by atoms with Gasteiger partial charge in [0, 0.05) is 23.4 Å². The fourth-order valence-corrected chi connectivity index (χ4v) is 5.03. The molecule has 2 heterocycles. The molecule has 0 bridgehead atoms. The maximum atomic E-state index is 14.0. The third kappa shape index (κ3) is 4.48. The Labute approximate surface area is 216 Å². The highest BCUT2D eigenvalue weighted by Crippen LogP contribution is 2.35. The molecule has 5 rings (SSSR count). The summed E-state index contributed by atoms with van der Waals surface area (Å²) < 4.78 is 7.10. The topological polar surface area (TPSA) is 76.5 Å². The molecule has 1 atom stereocenters. The maximum absolute atomic E-state index is 14.0. The second-order valence-corrected chi connectivity index (χ2v) is 9.69. The molecule has 1 aliphatic heterocycles. The molecule has 7 heteroatoms. The van der Waals surface area contributed by atoms with Crippen molar-refractivity contribution in [3.63, 3.8) is 0 Å². The molecule has 4 aromatic rings. The largest absolute Gasteiger partial charge is 0.496 e. The van der Waals surface area contributed by atoms with E-state index in [0.717, 1.165) is 22.3 Å². The first-order valence-corrected chi connectivity index (χ1v) is 12.3. The van der Waals surface area contributed by atoms with E-state index < -0.39 is 5.54 Å². The Morgan fingerprint density at radius 2 is 1.68 bits per heavy atom. The molecule has 0 spiro atoms. The zero-order chi connectivity index (χ0) is 26.2. The van der Waals surface area contributed by atoms with E-state index in [2.05, 4.69) is 11.4 Å². The van der Waals surface area contributed by atoms with Crippen molar-refractivity contribution < 1.29 is 14.3 Å². The third-order valence-electron chi connectivity index (χ3n) is 6.81. The lowest BCUT2D eigenvalue weighted by Gasteiger charge is -2.43. The first-order chi connectivity index (χ1) is 17.8. The zero-order valence-electron chi connectivity index (χ0n) is 21.5. The molecule has 3 aromatic carbocycles. The molecule has 0 saturated heterocycles. The number of carbonyl (C=O) groups excluding carboxylic acids is 2. The number of hydrogen-bond acceptors (Lipinski definition) is 4. The summed E-state index contributed by atoms with van der Waals surface area (Å²) in [6, 6.07) is 25.0. The summed E-state index contributed by atoms with van der Waals surface area (Å²) in [6.45, 7) is 6.26. The Morgan fingerprint density at radius 3 is 2.38 bits per heavy atom. The summed E-state index contributed by atoms with van der Waals surface area (Å²) >= 11 is 0. The van der Waals surface area contributed by atoms with Crippen molar-refractivity contribution in [1.29, 1.82) is 0 Å². The molecule has 0 aliphatic carbocycles. The fraction of sp³-hybridized carbons (Fsp3) is 0.233. The van der Waals surface area contributed by atoms with Crippen LogP contribution < -0.4 is 15.0 Å². The number of nitrogens with zero attached hydrogens (tertiary/aromatic N) is 3. The van der Waals surface area contributed by atoms with Crippen LogP contribution in [-0.2, 0) is 17.9 Å². The molecule has 2 amide bonds. The number of methoxy groups -OCH3 is 1. The highest BCUT2D eigenvalue weighted by Gasteiger charge is 2.49. The van der Waals surface area contributed by atoms with E-state index in [1.807, 2.05) is 80.6 Å². The number of benzene rings is 3. The van der Waals surface area contributed by atoms with Gasteiger partial charge in [0.25, 0.3) is 5.91 Å². The van der Waals surface area contributed by atoms with Gasteiger partial charge in [0.2, 0.25) is 5.91 Å². The summed E-state index contributed by atoms with van der Waals surface area (Å²) in [7, 11) is 1.60. The number of nitrogens with one attached hydrogen (secondary N) is 1. The van der Waals surface area contributed by atoms with Crippen LogP contribution in [0.4, 0.5) is 5.69 Å². The second kappa shape index (κ2) is 9.58. The highest BCUT2D eigenvalue weighted by molar-refractivity contribution is 6.12. The van der Waals surface area contributed by atoms with Crippen LogP contribution >= 0.6 is 0 Å². The zero-order valence-corrected chi connectivity index (χ0v) is 21.5. The lowest BCUT2D eigenvalue weighted by atomic mass is 9.93. The third-order valence-corrected chi connectivity index (χ3v) is 6.81. The number of hydrogen-bond donors (Lipinski definition) is 1. The van der Waals surface area contributed by atoms with Crippen molar-refractivity contribution in [1.82, 2.24) is 15.1 Å². The Balaban J connectivity index is 1.56. The molecular weight excluding hydrogens is 464 g/mol. The Kier molecular flexibility index (Phi) is 6.29. The van der Waals surface area contributed by atoms with Crippen molar-refractivity contribution in [2.75, 3.05) is 12.0 Å². The smallest absolute Gasteiger partial charge is 0.277 e. The van der Waals surface area contributed by atoms with Gasteiger partial charge in [-0.15, -0.1) is 0 Å². The number of ether oxygens (including phenoxy) is 1. The summed E-state index contributed by atoms with van der Waals surface area (Å²) in [5.41, 5.74) is 4.42. The molecule has 1 aromatic heterocycles. The van der Waals surface area contributed by atoms with E-state index in [-0.39, 0.29) is 24.9 Å². The normalized spacial score (nSPS) is 16.9. The predicted molar refractivity (Wildman–Crippen MR) is 144 cm³/mol. The van der Waals surface area contributed by atoms with Crippen molar-refractivity contribution >= 4 is 17.5 Å². The van der Waals surface area contributed by atoms with Crippen molar-refractivity contribution in [2.24, 2.45) is 0 Å². The summed E-state index contributed by atoms with van der Waals surface area (Å²) in [5.74, 6) is 0.162. The van der Waals surface area contributed by atoms with Crippen molar-refractivity contribution in [3.8, 4) is 17.0 Å². The van der Waals surface area contributed by atoms with Gasteiger partial charge in [-0.1, -0.05) is 54.6 Å². The van der Waals surface area contributed by atoms with Crippen molar-refractivity contribution in [2.45, 2.75) is 39.4 Å². The van der Waals surface area contributed by atoms with Gasteiger partial charge in [-0.3, -0.25) is 19.2 Å². The molecule has 7 nitrogen and oxygen atoms in total. The maximum Gasteiger partial charge on any atom is 0.277 e. The molecule has 0 saturated carbocycles. The average molecular weight is 495 g/mol. The highest BCUT2D eigenvalue weighted by atomic mass is 16.5. The Morgan fingerprint density at radius 1 is 1.00 bits per heavy atom. The lowest BCUT2D eigenvalue weighted by molar-refractivity contribution is -0.126. The van der Waals surface area contributed by atoms with Crippen LogP contribution in [0.1, 0.15) is 34.1 Å². The monoisotopic (exact) mass is 494 g/mol. The van der Waals surface area contributed by atoms with Crippen LogP contribution in [0.15, 0.2) is 78.9 Å². The minimum Gasteiger partial charge on any atom is -0.496 e. The Bertz CT molecular complexity index is 1460. The standard InChI is InChI=1S/C30H30N4O3/c1-20-14-21(2)16-24(15-20)34-28(35)26-17-25(22-10-6-5-7-11-22)32-33(26)19-30(34,3)29(36)31-18-23-12-8-9-13-27(23)37-4/h5-17H,18-19H2,1-4H3,(H,31,36)/t30-/m0/s1. The first-order valence-electron chi connectivity index (χ1n) is 12.3. The summed E-state index contributed by atoms with van der Waals surface area (Å²) in [6.07, 6.45) is 0. The molecule has 188 valence electrons. The molecule has 37 heavy (non-hydrogen) atoms. The van der Waals surface area contributed by atoms with E-state index in [0.29, 0.717) is 22.8 Å². The number of aromatic nitrogens is 2. The predicted octanol–water partition coefficient (Wildman–Crippen LogP) is 4.91. The minimum atomic E-state index is -1.22. The molecule has 0 radical (unpaired) electrons. The summed E-state index contributed by atoms with van der Waals surface area (Å²) in [5, 5.41) is 7.78. The number of rotatable bonds is 6. The van der Waals surface area contributed by atoms with Crippen molar-refractivity contribution in [3.05, 3.63) is 101 Å². The van der Waals surface area contributed by atoms with Gasteiger partial charge in [-0.2, -0.15) is 5.10 Å². The molecule has 1 N–H and O–H groups in total. The fourth-order valence-electron chi connectivity index (χ4n) is 5.03. The molecule has 1 aliphatic rings. The van der Waals surface area contributed by atoms with Crippen LogP contribution in [-0.4, -0.2) is 34.2 Å². The Hall–Kier alpha value is -4.39. The van der Waals surface area contributed by atoms with E-state index >= 15 is 0 Å². The number of fused-ring (bicyclic) bond motifs is 1.